The first-order chi connectivity index (χ1) is 8.20. The molecule has 0 saturated carbocycles. The zero-order valence-electron chi connectivity index (χ0n) is 9.93. The van der Waals surface area contributed by atoms with E-state index in [1.165, 1.54) is 0 Å². The van der Waals surface area contributed by atoms with Gasteiger partial charge in [0.05, 0.1) is 11.5 Å². The molecular weight excluding hydrogens is 224 g/mol. The summed E-state index contributed by atoms with van der Waals surface area (Å²) in [4.78, 5) is 10.5. The van der Waals surface area contributed by atoms with Gasteiger partial charge in [0.15, 0.2) is 5.75 Å². The number of benzene rings is 1. The van der Waals surface area contributed by atoms with Crippen molar-refractivity contribution in [3.05, 3.63) is 28.3 Å². The highest BCUT2D eigenvalue weighted by molar-refractivity contribution is 5.68. The Kier molecular flexibility index (Phi) is 5.22. The van der Waals surface area contributed by atoms with Gasteiger partial charge in [-0.2, -0.15) is 0 Å². The van der Waals surface area contributed by atoms with Crippen molar-refractivity contribution in [1.82, 2.24) is 0 Å². The van der Waals surface area contributed by atoms with Crippen LogP contribution in [0.3, 0.4) is 0 Å². The number of nitrogens with one attached hydrogen (secondary N) is 1. The lowest BCUT2D eigenvalue weighted by atomic mass is 10.2. The van der Waals surface area contributed by atoms with Gasteiger partial charge in [0.1, 0.15) is 12.3 Å². The number of para-hydroxylation sites is 1. The molecule has 0 unspecified atom stereocenters. The molecule has 94 valence electrons. The van der Waals surface area contributed by atoms with Crippen LogP contribution >= 0.6 is 0 Å². The Morgan fingerprint density at radius 2 is 2.18 bits per heavy atom. The van der Waals surface area contributed by atoms with E-state index in [0.29, 0.717) is 25.5 Å². The molecule has 1 aromatic carbocycles. The van der Waals surface area contributed by atoms with E-state index >= 15 is 0 Å². The van der Waals surface area contributed by atoms with Gasteiger partial charge in [0.2, 0.25) is 0 Å². The van der Waals surface area contributed by atoms with Crippen LogP contribution < -0.4 is 10.1 Å². The number of hydrogen-bond acceptors (Lipinski definition) is 5. The number of nitro benzene ring substituents is 1. The highest BCUT2D eigenvalue weighted by atomic mass is 16.6. The minimum absolute atomic E-state index is 0.0495. The quantitative estimate of drug-likeness (QED) is 0.448. The Labute approximate surface area is 99.7 Å². The van der Waals surface area contributed by atoms with Crippen molar-refractivity contribution in [2.75, 3.05) is 32.2 Å². The first kappa shape index (κ1) is 13.2. The van der Waals surface area contributed by atoms with Gasteiger partial charge >= 0.3 is 5.69 Å². The van der Waals surface area contributed by atoms with E-state index in [2.05, 4.69) is 5.32 Å². The minimum atomic E-state index is -0.457. The fourth-order valence-electron chi connectivity index (χ4n) is 1.38. The van der Waals surface area contributed by atoms with Crippen molar-refractivity contribution in [2.45, 2.75) is 6.92 Å². The van der Waals surface area contributed by atoms with Crippen molar-refractivity contribution >= 4 is 11.4 Å². The van der Waals surface area contributed by atoms with E-state index in [-0.39, 0.29) is 11.4 Å². The van der Waals surface area contributed by atoms with Crippen LogP contribution in [0.25, 0.3) is 0 Å². The Morgan fingerprint density at radius 1 is 1.41 bits per heavy atom. The zero-order valence-corrected chi connectivity index (χ0v) is 9.93. The molecule has 0 saturated heterocycles. The molecule has 0 aliphatic carbocycles. The van der Waals surface area contributed by atoms with Crippen molar-refractivity contribution in [3.63, 3.8) is 0 Å². The number of hydrogen-bond donors (Lipinski definition) is 1. The monoisotopic (exact) mass is 240 g/mol. The Morgan fingerprint density at radius 3 is 2.76 bits per heavy atom. The number of nitro groups is 1. The number of ether oxygens (including phenoxy) is 2. The molecule has 1 rings (SSSR count). The third kappa shape index (κ3) is 3.60. The van der Waals surface area contributed by atoms with Crippen molar-refractivity contribution < 1.29 is 14.4 Å². The third-order valence-electron chi connectivity index (χ3n) is 2.14. The summed E-state index contributed by atoms with van der Waals surface area (Å²) in [5.41, 5.74) is 0.385. The highest BCUT2D eigenvalue weighted by Crippen LogP contribution is 2.34. The van der Waals surface area contributed by atoms with Gasteiger partial charge in [-0.05, 0) is 19.1 Å². The second-order valence-corrected chi connectivity index (χ2v) is 3.20. The minimum Gasteiger partial charge on any atom is -0.484 e. The topological polar surface area (TPSA) is 73.6 Å². The SMILES string of the molecule is CCOCCOc1cccc(NC)c1[N+](=O)[O-]. The van der Waals surface area contributed by atoms with Gasteiger partial charge in [-0.3, -0.25) is 10.1 Å². The maximum atomic E-state index is 10.9. The lowest BCUT2D eigenvalue weighted by molar-refractivity contribution is -0.385. The van der Waals surface area contributed by atoms with E-state index < -0.39 is 4.92 Å². The summed E-state index contributed by atoms with van der Waals surface area (Å²) in [6.07, 6.45) is 0. The van der Waals surface area contributed by atoms with Crippen molar-refractivity contribution in [1.29, 1.82) is 0 Å². The summed E-state index contributed by atoms with van der Waals surface area (Å²) in [6, 6.07) is 4.91. The molecule has 6 nitrogen and oxygen atoms in total. The van der Waals surface area contributed by atoms with Gasteiger partial charge in [0, 0.05) is 13.7 Å². The molecule has 0 atom stereocenters. The fourth-order valence-corrected chi connectivity index (χ4v) is 1.38. The van der Waals surface area contributed by atoms with Crippen LogP contribution in [-0.2, 0) is 4.74 Å². The summed E-state index contributed by atoms with van der Waals surface area (Å²) < 4.78 is 10.4. The average molecular weight is 240 g/mol. The molecular formula is C11H16N2O4. The van der Waals surface area contributed by atoms with Gasteiger partial charge < -0.3 is 14.8 Å². The maximum Gasteiger partial charge on any atom is 0.333 e. The summed E-state index contributed by atoms with van der Waals surface area (Å²) in [7, 11) is 1.63. The van der Waals surface area contributed by atoms with Crippen LogP contribution in [0.5, 0.6) is 5.75 Å². The fraction of sp³-hybridized carbons (Fsp3) is 0.455. The van der Waals surface area contributed by atoms with Crippen molar-refractivity contribution in [2.24, 2.45) is 0 Å². The molecule has 0 radical (unpaired) electrons. The maximum absolute atomic E-state index is 10.9. The van der Waals surface area contributed by atoms with Gasteiger partial charge in [-0.1, -0.05) is 6.07 Å². The Balaban J connectivity index is 2.79. The summed E-state index contributed by atoms with van der Waals surface area (Å²) in [5.74, 6) is 0.251. The number of rotatable bonds is 7. The van der Waals surface area contributed by atoms with Gasteiger partial charge in [0.25, 0.3) is 0 Å². The summed E-state index contributed by atoms with van der Waals surface area (Å²) in [5, 5.41) is 13.7. The first-order valence-electron chi connectivity index (χ1n) is 5.36. The smallest absolute Gasteiger partial charge is 0.333 e. The van der Waals surface area contributed by atoms with E-state index in [0.717, 1.165) is 0 Å². The predicted molar refractivity (Wildman–Crippen MR) is 64.6 cm³/mol. The molecule has 1 aromatic rings. The predicted octanol–water partition coefficient (Wildman–Crippen LogP) is 2.05. The second-order valence-electron chi connectivity index (χ2n) is 3.20. The van der Waals surface area contributed by atoms with E-state index in [1.807, 2.05) is 6.92 Å². The van der Waals surface area contributed by atoms with Crippen LogP contribution in [-0.4, -0.2) is 31.8 Å². The molecule has 0 fully saturated rings. The largest absolute Gasteiger partial charge is 0.484 e. The van der Waals surface area contributed by atoms with Crippen molar-refractivity contribution in [3.8, 4) is 5.75 Å². The van der Waals surface area contributed by atoms with E-state index in [9.17, 15) is 10.1 Å². The second kappa shape index (κ2) is 6.70. The Hall–Kier alpha value is -1.82. The zero-order chi connectivity index (χ0) is 12.7. The molecule has 0 aliphatic heterocycles. The van der Waals surface area contributed by atoms with Gasteiger partial charge in [-0.15, -0.1) is 0 Å². The molecule has 0 spiro atoms. The normalized spacial score (nSPS) is 10.0. The number of nitrogens with zero attached hydrogens (tertiary/aromatic N) is 1. The molecule has 1 N–H and O–H groups in total. The number of anilines is 1. The average Bonchev–Trinajstić information content (AvgIpc) is 2.33. The van der Waals surface area contributed by atoms with Crippen LogP contribution in [0.15, 0.2) is 18.2 Å². The van der Waals surface area contributed by atoms with E-state index in [4.69, 9.17) is 9.47 Å². The van der Waals surface area contributed by atoms with Crippen LogP contribution in [0.4, 0.5) is 11.4 Å². The Bertz CT molecular complexity index is 382. The van der Waals surface area contributed by atoms with Crippen LogP contribution in [0.2, 0.25) is 0 Å². The molecule has 0 bridgehead atoms. The summed E-state index contributed by atoms with van der Waals surface area (Å²) in [6.45, 7) is 3.19. The van der Waals surface area contributed by atoms with Crippen LogP contribution in [0, 0.1) is 10.1 Å². The van der Waals surface area contributed by atoms with Gasteiger partial charge in [-0.25, -0.2) is 0 Å². The molecule has 0 aliphatic rings. The lowest BCUT2D eigenvalue weighted by Gasteiger charge is -2.09. The lowest BCUT2D eigenvalue weighted by Crippen LogP contribution is -2.08. The van der Waals surface area contributed by atoms with Crippen LogP contribution in [0.1, 0.15) is 6.92 Å². The summed E-state index contributed by atoms with van der Waals surface area (Å²) >= 11 is 0. The molecule has 0 heterocycles. The molecule has 6 heteroatoms. The molecule has 0 amide bonds. The highest BCUT2D eigenvalue weighted by Gasteiger charge is 2.19. The molecule has 17 heavy (non-hydrogen) atoms. The van der Waals surface area contributed by atoms with E-state index in [1.54, 1.807) is 25.2 Å². The first-order valence-corrected chi connectivity index (χ1v) is 5.36. The standard InChI is InChI=1S/C11H16N2O4/c1-3-16-7-8-17-10-6-4-5-9(12-2)11(10)13(14)15/h4-6,12H,3,7-8H2,1-2H3. The third-order valence-corrected chi connectivity index (χ3v) is 2.14. The molecule has 0 aromatic heterocycles.